The van der Waals surface area contributed by atoms with Crippen LogP contribution in [0.25, 0.3) is 5.76 Å². The first kappa shape index (κ1) is 25.0. The highest BCUT2D eigenvalue weighted by molar-refractivity contribution is 6.46. The number of H-pyrrole nitrogens is 1. The zero-order valence-corrected chi connectivity index (χ0v) is 20.4. The summed E-state index contributed by atoms with van der Waals surface area (Å²) in [6, 6.07) is 6.29. The highest BCUT2D eigenvalue weighted by atomic mass is 16.5. The van der Waals surface area contributed by atoms with Crippen molar-refractivity contribution in [1.29, 1.82) is 0 Å². The van der Waals surface area contributed by atoms with E-state index in [-0.39, 0.29) is 17.0 Å². The molecule has 0 bridgehead atoms. The summed E-state index contributed by atoms with van der Waals surface area (Å²) in [5.74, 6) is -1.80. The number of aliphatic hydroxyl groups is 1. The number of aromatic amines is 1. The molecule has 0 saturated carbocycles. The van der Waals surface area contributed by atoms with E-state index in [4.69, 9.17) is 9.47 Å². The second-order valence-corrected chi connectivity index (χ2v) is 8.54. The average molecular weight is 470 g/mol. The van der Waals surface area contributed by atoms with E-state index in [2.05, 4.69) is 4.98 Å². The van der Waals surface area contributed by atoms with Gasteiger partial charge in [0, 0.05) is 17.8 Å². The van der Waals surface area contributed by atoms with Gasteiger partial charge in [0.1, 0.15) is 17.2 Å². The molecule has 1 amide bonds. The Balaban J connectivity index is 2.19. The molecule has 1 aromatic carbocycles. The van der Waals surface area contributed by atoms with Crippen molar-refractivity contribution in [2.24, 2.45) is 0 Å². The number of nitrogens with zero attached hydrogens (tertiary/aromatic N) is 2. The van der Waals surface area contributed by atoms with Gasteiger partial charge in [0.2, 0.25) is 0 Å². The predicted molar refractivity (Wildman–Crippen MR) is 127 cm³/mol. The molecule has 9 heteroatoms. The number of likely N-dealkylation sites (tertiary alicyclic amines) is 1. The van der Waals surface area contributed by atoms with Crippen molar-refractivity contribution < 1.29 is 29.0 Å². The van der Waals surface area contributed by atoms with Crippen molar-refractivity contribution >= 4 is 23.4 Å². The van der Waals surface area contributed by atoms with Gasteiger partial charge < -0.3 is 29.4 Å². The number of aryl methyl sites for hydroxylation is 1. The third kappa shape index (κ3) is 4.56. The Hall–Kier alpha value is -3.59. The summed E-state index contributed by atoms with van der Waals surface area (Å²) in [5.41, 5.74) is 2.02. The number of nitrogens with one attached hydrogen (secondary N) is 1. The number of hydrogen-bond acceptors (Lipinski definition) is 7. The van der Waals surface area contributed by atoms with Crippen LogP contribution in [0.15, 0.2) is 29.8 Å². The molecule has 1 aliphatic rings. The van der Waals surface area contributed by atoms with Crippen LogP contribution >= 0.6 is 0 Å². The minimum Gasteiger partial charge on any atom is -0.507 e. The lowest BCUT2D eigenvalue weighted by Crippen LogP contribution is -2.32. The maximum absolute atomic E-state index is 13.2. The van der Waals surface area contributed by atoms with E-state index < -0.39 is 23.7 Å². The van der Waals surface area contributed by atoms with Gasteiger partial charge in [0.15, 0.2) is 0 Å². The van der Waals surface area contributed by atoms with Gasteiger partial charge in [-0.15, -0.1) is 0 Å². The molecule has 1 atom stereocenters. The molecule has 1 saturated heterocycles. The molecule has 182 valence electrons. The lowest BCUT2D eigenvalue weighted by Gasteiger charge is -2.26. The fraction of sp³-hybridized carbons (Fsp3) is 0.400. The number of ketones is 1. The topological polar surface area (TPSA) is 112 Å². The predicted octanol–water partition coefficient (Wildman–Crippen LogP) is 2.80. The Morgan fingerprint density at radius 1 is 1.21 bits per heavy atom. The second kappa shape index (κ2) is 10.1. The van der Waals surface area contributed by atoms with Gasteiger partial charge in [0.25, 0.3) is 11.7 Å². The number of ether oxygens (including phenoxy) is 2. The van der Waals surface area contributed by atoms with E-state index in [1.54, 1.807) is 38.1 Å². The summed E-state index contributed by atoms with van der Waals surface area (Å²) < 4.78 is 10.2. The molecule has 1 aliphatic heterocycles. The van der Waals surface area contributed by atoms with E-state index >= 15 is 0 Å². The number of Topliss-reactive ketones (excluding diaryl/α,β-unsaturated/α-hetero) is 1. The van der Waals surface area contributed by atoms with Crippen molar-refractivity contribution in [3.63, 3.8) is 0 Å². The molecule has 2 heterocycles. The molecule has 9 nitrogen and oxygen atoms in total. The minimum absolute atomic E-state index is 0.0234. The van der Waals surface area contributed by atoms with Gasteiger partial charge in [0.05, 0.1) is 25.8 Å². The third-order valence-electron chi connectivity index (χ3n) is 6.02. The molecular weight excluding hydrogens is 438 g/mol. The Bertz CT molecular complexity index is 1150. The van der Waals surface area contributed by atoms with Gasteiger partial charge in [-0.3, -0.25) is 9.59 Å². The van der Waals surface area contributed by atoms with Crippen molar-refractivity contribution in [2.45, 2.75) is 26.3 Å². The number of benzene rings is 1. The first-order chi connectivity index (χ1) is 16.1. The van der Waals surface area contributed by atoms with Crippen LogP contribution in [0, 0.1) is 13.8 Å². The molecule has 0 spiro atoms. The van der Waals surface area contributed by atoms with Crippen molar-refractivity contribution in [3.8, 4) is 5.75 Å². The zero-order valence-electron chi connectivity index (χ0n) is 20.4. The molecular formula is C25H31N3O6. The highest BCUT2D eigenvalue weighted by Crippen LogP contribution is 2.41. The maximum atomic E-state index is 13.2. The maximum Gasteiger partial charge on any atom is 0.354 e. The number of carbonyl (C=O) groups excluding carboxylic acids is 3. The summed E-state index contributed by atoms with van der Waals surface area (Å²) >= 11 is 0. The number of carbonyl (C=O) groups is 3. The van der Waals surface area contributed by atoms with Gasteiger partial charge >= 0.3 is 5.97 Å². The van der Waals surface area contributed by atoms with Crippen LogP contribution < -0.4 is 4.74 Å². The van der Waals surface area contributed by atoms with E-state index in [0.717, 1.165) is 6.54 Å². The van der Waals surface area contributed by atoms with E-state index in [0.29, 0.717) is 41.1 Å². The molecule has 2 N–H and O–H groups in total. The molecule has 34 heavy (non-hydrogen) atoms. The second-order valence-electron chi connectivity index (χ2n) is 8.54. The Morgan fingerprint density at radius 3 is 2.53 bits per heavy atom. The summed E-state index contributed by atoms with van der Waals surface area (Å²) in [6.45, 7) is 4.40. The fourth-order valence-corrected chi connectivity index (χ4v) is 4.37. The highest BCUT2D eigenvalue weighted by Gasteiger charge is 2.46. The third-order valence-corrected chi connectivity index (χ3v) is 6.02. The van der Waals surface area contributed by atoms with Crippen molar-refractivity contribution in [3.05, 3.63) is 57.9 Å². The number of aliphatic hydroxyl groups excluding tert-OH is 1. The first-order valence-corrected chi connectivity index (χ1v) is 11.0. The number of aromatic nitrogens is 1. The van der Waals surface area contributed by atoms with E-state index in [1.165, 1.54) is 19.1 Å². The molecule has 0 aliphatic carbocycles. The molecule has 0 radical (unpaired) electrons. The Labute approximate surface area is 199 Å². The van der Waals surface area contributed by atoms with Gasteiger partial charge in [-0.1, -0.05) is 12.1 Å². The van der Waals surface area contributed by atoms with Crippen LogP contribution in [0.5, 0.6) is 5.75 Å². The van der Waals surface area contributed by atoms with Gasteiger partial charge in [-0.05, 0) is 64.2 Å². The van der Waals surface area contributed by atoms with Crippen LogP contribution in [0.3, 0.4) is 0 Å². The standard InChI is InChI=1S/C25H31N3O6/c1-14-18(15(2)26-20(14)25(32)34-6)22(29)19-21(16-9-7-10-17(13-16)33-5)28(24(31)23(19)30)12-8-11-27(3)4/h7,9-10,13,21,26,29H,8,11-12H2,1-6H3/b22-19+. The number of rotatable bonds is 8. The summed E-state index contributed by atoms with van der Waals surface area (Å²) in [7, 11) is 6.67. The number of methoxy groups -OCH3 is 2. The van der Waals surface area contributed by atoms with E-state index in [9.17, 15) is 19.5 Å². The molecule has 1 aromatic heterocycles. The average Bonchev–Trinajstić information content (AvgIpc) is 3.25. The molecule has 2 aromatic rings. The zero-order chi connectivity index (χ0) is 25.2. The van der Waals surface area contributed by atoms with Crippen LogP contribution in [0.4, 0.5) is 0 Å². The number of hydrogen-bond donors (Lipinski definition) is 2. The quantitative estimate of drug-likeness (QED) is 0.265. The largest absolute Gasteiger partial charge is 0.507 e. The monoisotopic (exact) mass is 469 g/mol. The van der Waals surface area contributed by atoms with E-state index in [1.807, 2.05) is 19.0 Å². The van der Waals surface area contributed by atoms with Gasteiger partial charge in [-0.2, -0.15) is 0 Å². The van der Waals surface area contributed by atoms with Crippen LogP contribution in [0.1, 0.15) is 45.3 Å². The van der Waals surface area contributed by atoms with Crippen molar-refractivity contribution in [2.75, 3.05) is 41.4 Å². The SMILES string of the molecule is COC(=O)c1[nH]c(C)c(/C(O)=C2\C(=O)C(=O)N(CCCN(C)C)C2c2cccc(OC)c2)c1C. The minimum atomic E-state index is -0.799. The lowest BCUT2D eigenvalue weighted by molar-refractivity contribution is -0.139. The number of amides is 1. The van der Waals surface area contributed by atoms with Crippen LogP contribution in [-0.2, 0) is 14.3 Å². The van der Waals surface area contributed by atoms with Crippen LogP contribution in [0.2, 0.25) is 0 Å². The summed E-state index contributed by atoms with van der Waals surface area (Å²) in [4.78, 5) is 44.9. The molecule has 3 rings (SSSR count). The van der Waals surface area contributed by atoms with Crippen LogP contribution in [-0.4, -0.2) is 79.0 Å². The molecule has 1 fully saturated rings. The Kier molecular flexibility index (Phi) is 7.46. The van der Waals surface area contributed by atoms with Crippen molar-refractivity contribution in [1.82, 2.24) is 14.8 Å². The summed E-state index contributed by atoms with van der Waals surface area (Å²) in [6.07, 6.45) is 0.648. The summed E-state index contributed by atoms with van der Waals surface area (Å²) in [5, 5.41) is 11.4. The molecule has 1 unspecified atom stereocenters. The first-order valence-electron chi connectivity index (χ1n) is 11.0. The lowest BCUT2D eigenvalue weighted by atomic mass is 9.94. The smallest absolute Gasteiger partial charge is 0.354 e. The number of esters is 1. The Morgan fingerprint density at radius 2 is 1.91 bits per heavy atom. The normalized spacial score (nSPS) is 17.5. The fourth-order valence-electron chi connectivity index (χ4n) is 4.37. The van der Waals surface area contributed by atoms with Gasteiger partial charge in [-0.25, -0.2) is 4.79 Å².